The summed E-state index contributed by atoms with van der Waals surface area (Å²) in [5.74, 6) is -0.912. The van der Waals surface area contributed by atoms with Gasteiger partial charge < -0.3 is 20.7 Å². The molecule has 0 spiro atoms. The van der Waals surface area contributed by atoms with Crippen LogP contribution in [0.1, 0.15) is 39.7 Å². The minimum Gasteiger partial charge on any atom is -0.444 e. The maximum Gasteiger partial charge on any atom is 0.408 e. The molecule has 0 heterocycles. The van der Waals surface area contributed by atoms with Crippen molar-refractivity contribution >= 4 is 33.2 Å². The van der Waals surface area contributed by atoms with Crippen LogP contribution >= 0.6 is 0 Å². The Labute approximate surface area is 193 Å². The molecule has 33 heavy (non-hydrogen) atoms. The van der Waals surface area contributed by atoms with E-state index in [4.69, 9.17) is 4.74 Å². The third-order valence-electron chi connectivity index (χ3n) is 4.48. The number of para-hydroxylation sites is 1. The van der Waals surface area contributed by atoms with Crippen LogP contribution in [-0.2, 0) is 25.9 Å². The van der Waals surface area contributed by atoms with Crippen LogP contribution in [0.15, 0.2) is 47.4 Å². The van der Waals surface area contributed by atoms with E-state index in [0.29, 0.717) is 0 Å². The summed E-state index contributed by atoms with van der Waals surface area (Å²) in [6.07, 6.45) is 0.620. The second-order valence-electron chi connectivity index (χ2n) is 8.53. The Morgan fingerprint density at radius 2 is 1.73 bits per heavy atom. The van der Waals surface area contributed by atoms with E-state index < -0.39 is 33.5 Å². The zero-order valence-electron chi connectivity index (χ0n) is 19.4. The zero-order valence-corrected chi connectivity index (χ0v) is 20.2. The number of benzene rings is 2. The van der Waals surface area contributed by atoms with Crippen molar-refractivity contribution in [2.45, 2.75) is 57.2 Å². The molecule has 0 saturated carbocycles. The average molecular weight is 480 g/mol. The highest BCUT2D eigenvalue weighted by atomic mass is 32.2. The molecule has 0 fully saturated rings. The van der Waals surface area contributed by atoms with Gasteiger partial charge in [0.05, 0.1) is 16.3 Å². The van der Waals surface area contributed by atoms with E-state index in [-0.39, 0.29) is 35.1 Å². The van der Waals surface area contributed by atoms with E-state index >= 15 is 0 Å². The number of carbonyl (C=O) groups excluding carboxylic acids is 2. The molecule has 0 radical (unpaired) electrons. The predicted molar refractivity (Wildman–Crippen MR) is 125 cm³/mol. The van der Waals surface area contributed by atoms with Crippen LogP contribution in [0.2, 0.25) is 0 Å². The first-order valence-corrected chi connectivity index (χ1v) is 12.3. The van der Waals surface area contributed by atoms with Crippen molar-refractivity contribution in [1.29, 1.82) is 0 Å². The fraction of sp³-hybridized carbons (Fsp3) is 0.391. The van der Waals surface area contributed by atoms with Crippen LogP contribution in [-0.4, -0.2) is 38.3 Å². The van der Waals surface area contributed by atoms with E-state index in [2.05, 4.69) is 16.0 Å². The normalized spacial score (nSPS) is 12.5. The Balaban J connectivity index is 2.27. The van der Waals surface area contributed by atoms with E-state index in [1.165, 1.54) is 24.3 Å². The molecule has 0 aliphatic rings. The quantitative estimate of drug-likeness (QED) is 0.526. The van der Waals surface area contributed by atoms with Gasteiger partial charge in [0.1, 0.15) is 17.5 Å². The van der Waals surface area contributed by atoms with Gasteiger partial charge in [-0.1, -0.05) is 25.1 Å². The number of hydrogen-bond acceptors (Lipinski definition) is 6. The number of amides is 2. The Hall–Kier alpha value is -3.14. The number of ether oxygens (including phenoxy) is 1. The summed E-state index contributed by atoms with van der Waals surface area (Å²) < 4.78 is 43.1. The third-order valence-corrected chi connectivity index (χ3v) is 5.62. The first-order valence-electron chi connectivity index (χ1n) is 10.4. The van der Waals surface area contributed by atoms with Gasteiger partial charge in [0.15, 0.2) is 9.84 Å². The van der Waals surface area contributed by atoms with Crippen molar-refractivity contribution in [3.05, 3.63) is 53.8 Å². The number of alkyl carbamates (subject to hydrolysis) is 1. The number of nitrogens with one attached hydrogen (secondary N) is 3. The van der Waals surface area contributed by atoms with Gasteiger partial charge >= 0.3 is 6.09 Å². The highest BCUT2D eigenvalue weighted by Gasteiger charge is 2.25. The lowest BCUT2D eigenvalue weighted by Gasteiger charge is -2.23. The van der Waals surface area contributed by atoms with Crippen LogP contribution in [0.3, 0.4) is 0 Å². The maximum absolute atomic E-state index is 13.2. The molecule has 0 bridgehead atoms. The molecule has 2 aromatic carbocycles. The molecule has 2 rings (SSSR count). The SMILES string of the molecule is CCC(NC(=O)OC(C)(C)C)C(=O)Nc1cccc(S(C)(=O)=O)c1NCc1ccc(F)cc1. The number of halogens is 1. The van der Waals surface area contributed by atoms with Crippen LogP contribution in [0.25, 0.3) is 0 Å². The maximum atomic E-state index is 13.2. The topological polar surface area (TPSA) is 114 Å². The van der Waals surface area contributed by atoms with E-state index in [1.54, 1.807) is 45.9 Å². The Morgan fingerprint density at radius 1 is 1.09 bits per heavy atom. The van der Waals surface area contributed by atoms with Gasteiger partial charge in [-0.2, -0.15) is 0 Å². The summed E-state index contributed by atoms with van der Waals surface area (Å²) >= 11 is 0. The molecule has 0 aliphatic heterocycles. The molecule has 2 aromatic rings. The minimum atomic E-state index is -3.63. The van der Waals surface area contributed by atoms with E-state index in [0.717, 1.165) is 11.8 Å². The molecule has 0 saturated heterocycles. The van der Waals surface area contributed by atoms with Gasteiger partial charge in [0.25, 0.3) is 0 Å². The lowest BCUT2D eigenvalue weighted by molar-refractivity contribution is -0.118. The zero-order chi connectivity index (χ0) is 24.8. The number of rotatable bonds is 8. The minimum absolute atomic E-state index is 0.00411. The Bertz CT molecular complexity index is 1100. The largest absolute Gasteiger partial charge is 0.444 e. The summed E-state index contributed by atoms with van der Waals surface area (Å²) in [6, 6.07) is 9.34. The fourth-order valence-electron chi connectivity index (χ4n) is 2.94. The molecule has 180 valence electrons. The van der Waals surface area contributed by atoms with Gasteiger partial charge in [-0.15, -0.1) is 0 Å². The van der Waals surface area contributed by atoms with Crippen molar-refractivity contribution < 1.29 is 27.1 Å². The van der Waals surface area contributed by atoms with Crippen LogP contribution in [0, 0.1) is 5.82 Å². The van der Waals surface area contributed by atoms with E-state index in [1.807, 2.05) is 0 Å². The molecule has 8 nitrogen and oxygen atoms in total. The van der Waals surface area contributed by atoms with Crippen molar-refractivity contribution in [1.82, 2.24) is 5.32 Å². The first kappa shape index (κ1) is 26.1. The predicted octanol–water partition coefficient (Wildman–Crippen LogP) is 4.08. The van der Waals surface area contributed by atoms with Gasteiger partial charge in [0.2, 0.25) is 5.91 Å². The average Bonchev–Trinajstić information content (AvgIpc) is 2.70. The first-order chi connectivity index (χ1) is 15.3. The molecule has 3 N–H and O–H groups in total. The van der Waals surface area contributed by atoms with Crippen molar-refractivity contribution in [3.8, 4) is 0 Å². The summed E-state index contributed by atoms with van der Waals surface area (Å²) in [4.78, 5) is 25.0. The number of anilines is 2. The molecule has 0 aromatic heterocycles. The second-order valence-corrected chi connectivity index (χ2v) is 10.5. The molecular weight excluding hydrogens is 449 g/mol. The van der Waals surface area contributed by atoms with Crippen LogP contribution in [0.4, 0.5) is 20.6 Å². The van der Waals surface area contributed by atoms with Crippen LogP contribution in [0.5, 0.6) is 0 Å². The fourth-order valence-corrected chi connectivity index (χ4v) is 3.82. The summed E-state index contributed by atoms with van der Waals surface area (Å²) in [5.41, 5.74) is 0.425. The summed E-state index contributed by atoms with van der Waals surface area (Å²) in [5, 5.41) is 8.24. The highest BCUT2D eigenvalue weighted by Crippen LogP contribution is 2.30. The van der Waals surface area contributed by atoms with Crippen LogP contribution < -0.4 is 16.0 Å². The molecule has 1 unspecified atom stereocenters. The molecule has 10 heteroatoms. The molecule has 1 atom stereocenters. The third kappa shape index (κ3) is 8.05. The summed E-state index contributed by atoms with van der Waals surface area (Å²) in [7, 11) is -3.63. The van der Waals surface area contributed by atoms with E-state index in [9.17, 15) is 22.4 Å². The monoisotopic (exact) mass is 479 g/mol. The number of sulfone groups is 1. The molecule has 2 amide bonds. The lowest BCUT2D eigenvalue weighted by atomic mass is 10.1. The van der Waals surface area contributed by atoms with Gasteiger partial charge in [-0.25, -0.2) is 17.6 Å². The standard InChI is InChI=1S/C23H30FN3O5S/c1-6-17(27-22(29)32-23(2,3)4)21(28)26-18-8-7-9-19(33(5,30)31)20(18)25-14-15-10-12-16(24)13-11-15/h7-13,17,25H,6,14H2,1-5H3,(H,26,28)(H,27,29). The highest BCUT2D eigenvalue weighted by molar-refractivity contribution is 7.90. The number of carbonyl (C=O) groups is 2. The molecular formula is C23H30FN3O5S. The molecule has 0 aliphatic carbocycles. The smallest absolute Gasteiger partial charge is 0.408 e. The second kappa shape index (κ2) is 10.7. The van der Waals surface area contributed by atoms with Crippen molar-refractivity contribution in [2.75, 3.05) is 16.9 Å². The van der Waals surface area contributed by atoms with Gasteiger partial charge in [0, 0.05) is 12.8 Å². The van der Waals surface area contributed by atoms with Crippen molar-refractivity contribution in [2.24, 2.45) is 0 Å². The van der Waals surface area contributed by atoms with Crippen molar-refractivity contribution in [3.63, 3.8) is 0 Å². The Morgan fingerprint density at radius 3 is 2.27 bits per heavy atom. The summed E-state index contributed by atoms with van der Waals surface area (Å²) in [6.45, 7) is 7.06. The number of hydrogen-bond donors (Lipinski definition) is 3. The Kier molecular flexibility index (Phi) is 8.43. The van der Waals surface area contributed by atoms with Gasteiger partial charge in [-0.05, 0) is 57.0 Å². The lowest BCUT2D eigenvalue weighted by Crippen LogP contribution is -2.45. The van der Waals surface area contributed by atoms with Gasteiger partial charge in [-0.3, -0.25) is 4.79 Å².